The molecule has 0 fully saturated rings. The molecule has 5 heteroatoms. The molecule has 54 valence electrons. The van der Waals surface area contributed by atoms with Crippen LogP contribution in [-0.2, 0) is 0 Å². The molecule has 0 saturated heterocycles. The Morgan fingerprint density at radius 2 is 2.18 bits per heavy atom. The molecule has 0 aromatic carbocycles. The Hall–Kier alpha value is -1.29. The van der Waals surface area contributed by atoms with Crippen molar-refractivity contribution in [2.24, 2.45) is 9.98 Å². The molecule has 0 aliphatic carbocycles. The standard InChI is InChI=1S/C6H2ClN3O/c7-5-4-3(1-2-8-5)9-6(11)10-4/h1-2H. The minimum Gasteiger partial charge on any atom is -0.244 e. The van der Waals surface area contributed by atoms with E-state index in [9.17, 15) is 4.79 Å². The SMILES string of the molecule is O=C1N=c2ccnc(Cl)c2=N1. The molecule has 4 nitrogen and oxygen atoms in total. The fourth-order valence-corrected chi connectivity index (χ4v) is 1.03. The summed E-state index contributed by atoms with van der Waals surface area (Å²) in [5, 5.41) is 1.09. The number of nitrogens with zero attached hydrogens (tertiary/aromatic N) is 3. The molecule has 2 amide bonds. The molecule has 0 unspecified atom stereocenters. The van der Waals surface area contributed by atoms with Gasteiger partial charge in [0, 0.05) is 6.20 Å². The van der Waals surface area contributed by atoms with Crippen molar-refractivity contribution >= 4 is 17.6 Å². The number of fused-ring (bicyclic) bond motifs is 1. The number of hydrogen-bond donors (Lipinski definition) is 0. The lowest BCUT2D eigenvalue weighted by atomic mass is 10.4. The van der Waals surface area contributed by atoms with E-state index in [0.717, 1.165) is 0 Å². The molecule has 2 rings (SSSR count). The summed E-state index contributed by atoms with van der Waals surface area (Å²) in [7, 11) is 0. The van der Waals surface area contributed by atoms with Gasteiger partial charge in [-0.05, 0) is 6.07 Å². The molecule has 0 bridgehead atoms. The highest BCUT2D eigenvalue weighted by Crippen LogP contribution is 1.93. The van der Waals surface area contributed by atoms with Gasteiger partial charge in [0.2, 0.25) is 0 Å². The largest absolute Gasteiger partial charge is 0.368 e. The molecule has 0 spiro atoms. The predicted octanol–water partition coefficient (Wildman–Crippen LogP) is 0.108. The lowest BCUT2D eigenvalue weighted by molar-refractivity contribution is 0.256. The number of halogens is 1. The molecule has 0 saturated carbocycles. The van der Waals surface area contributed by atoms with E-state index in [1.165, 1.54) is 6.20 Å². The minimum atomic E-state index is -0.519. The summed E-state index contributed by atoms with van der Waals surface area (Å²) in [5.74, 6) is 0. The summed E-state index contributed by atoms with van der Waals surface area (Å²) in [6, 6.07) is 1.07. The second-order valence-electron chi connectivity index (χ2n) is 1.98. The highest BCUT2D eigenvalue weighted by atomic mass is 35.5. The molecule has 2 heterocycles. The quantitative estimate of drug-likeness (QED) is 0.515. The zero-order valence-corrected chi connectivity index (χ0v) is 6.04. The van der Waals surface area contributed by atoms with Crippen molar-refractivity contribution in [3.05, 3.63) is 28.1 Å². The lowest BCUT2D eigenvalue weighted by Gasteiger charge is -1.82. The summed E-state index contributed by atoms with van der Waals surface area (Å²) in [5.41, 5.74) is 0. The van der Waals surface area contributed by atoms with Gasteiger partial charge in [-0.25, -0.2) is 9.78 Å². The van der Waals surface area contributed by atoms with Gasteiger partial charge in [0.1, 0.15) is 5.36 Å². The van der Waals surface area contributed by atoms with E-state index in [2.05, 4.69) is 15.0 Å². The van der Waals surface area contributed by atoms with Crippen molar-refractivity contribution < 1.29 is 4.79 Å². The maximum Gasteiger partial charge on any atom is 0.368 e. The molecule has 0 N–H and O–H groups in total. The maximum absolute atomic E-state index is 10.6. The smallest absolute Gasteiger partial charge is 0.244 e. The van der Waals surface area contributed by atoms with Gasteiger partial charge in [0.25, 0.3) is 0 Å². The van der Waals surface area contributed by atoms with Crippen LogP contribution in [0.3, 0.4) is 0 Å². The van der Waals surface area contributed by atoms with Crippen molar-refractivity contribution in [2.75, 3.05) is 0 Å². The molecule has 11 heavy (non-hydrogen) atoms. The lowest BCUT2D eigenvalue weighted by Crippen LogP contribution is -2.23. The number of urea groups is 1. The van der Waals surface area contributed by atoms with Crippen LogP contribution in [0.1, 0.15) is 0 Å². The van der Waals surface area contributed by atoms with Crippen LogP contribution in [0.5, 0.6) is 0 Å². The van der Waals surface area contributed by atoms with Gasteiger partial charge in [0.15, 0.2) is 5.15 Å². The Morgan fingerprint density at radius 1 is 1.36 bits per heavy atom. The fourth-order valence-electron chi connectivity index (χ4n) is 0.836. The fraction of sp³-hybridized carbons (Fsp3) is 0. The van der Waals surface area contributed by atoms with E-state index in [1.54, 1.807) is 6.07 Å². The van der Waals surface area contributed by atoms with E-state index in [0.29, 0.717) is 10.7 Å². The number of pyridine rings is 1. The highest BCUT2D eigenvalue weighted by Gasteiger charge is 2.07. The number of carbonyl (C=O) groups excluding carboxylic acids is 1. The average Bonchev–Trinajstić information content (AvgIpc) is 2.31. The van der Waals surface area contributed by atoms with Crippen LogP contribution in [0, 0.1) is 0 Å². The third-order valence-electron chi connectivity index (χ3n) is 1.28. The number of aromatic nitrogens is 1. The molecule has 1 aliphatic rings. The van der Waals surface area contributed by atoms with Crippen molar-refractivity contribution in [1.82, 2.24) is 4.98 Å². The predicted molar refractivity (Wildman–Crippen MR) is 37.0 cm³/mol. The zero-order chi connectivity index (χ0) is 7.84. The maximum atomic E-state index is 10.6. The Bertz CT molecular complexity index is 440. The third kappa shape index (κ3) is 0.914. The second kappa shape index (κ2) is 2.10. The summed E-state index contributed by atoms with van der Waals surface area (Å²) in [6.07, 6.45) is 1.48. The summed E-state index contributed by atoms with van der Waals surface area (Å²) in [6.45, 7) is 0. The van der Waals surface area contributed by atoms with Gasteiger partial charge in [-0.15, -0.1) is 0 Å². The Kier molecular flexibility index (Phi) is 1.22. The molecule has 0 radical (unpaired) electrons. The third-order valence-corrected chi connectivity index (χ3v) is 1.56. The van der Waals surface area contributed by atoms with Gasteiger partial charge in [0.05, 0.1) is 5.36 Å². The Balaban J connectivity index is 2.97. The summed E-state index contributed by atoms with van der Waals surface area (Å²) < 4.78 is 0. The summed E-state index contributed by atoms with van der Waals surface area (Å²) in [4.78, 5) is 21.5. The van der Waals surface area contributed by atoms with Crippen LogP contribution in [0.2, 0.25) is 5.15 Å². The normalized spacial score (nSPS) is 13.7. The first-order valence-corrected chi connectivity index (χ1v) is 3.27. The Morgan fingerprint density at radius 3 is 2.91 bits per heavy atom. The van der Waals surface area contributed by atoms with E-state index in [1.807, 2.05) is 0 Å². The topological polar surface area (TPSA) is 54.7 Å². The molecule has 1 aliphatic heterocycles. The van der Waals surface area contributed by atoms with Crippen LogP contribution >= 0.6 is 11.6 Å². The Labute approximate surface area is 66.3 Å². The van der Waals surface area contributed by atoms with Crippen molar-refractivity contribution in [1.29, 1.82) is 0 Å². The highest BCUT2D eigenvalue weighted by molar-refractivity contribution is 6.29. The minimum absolute atomic E-state index is 0.220. The first-order chi connectivity index (χ1) is 5.27. The van der Waals surface area contributed by atoms with E-state index in [-0.39, 0.29) is 5.15 Å². The number of hydrogen-bond acceptors (Lipinski definition) is 2. The number of amides is 2. The average molecular weight is 168 g/mol. The van der Waals surface area contributed by atoms with Crippen LogP contribution < -0.4 is 10.7 Å². The van der Waals surface area contributed by atoms with Crippen LogP contribution in [0.4, 0.5) is 4.79 Å². The molecular formula is C6H2ClN3O. The molecule has 0 atom stereocenters. The van der Waals surface area contributed by atoms with Gasteiger partial charge in [-0.2, -0.15) is 9.98 Å². The molecule has 1 aromatic rings. The molecule has 1 aromatic heterocycles. The molecular weight excluding hydrogens is 166 g/mol. The second-order valence-corrected chi connectivity index (χ2v) is 2.33. The van der Waals surface area contributed by atoms with Crippen LogP contribution in [0.25, 0.3) is 0 Å². The first kappa shape index (κ1) is 6.42. The van der Waals surface area contributed by atoms with Crippen LogP contribution in [0.15, 0.2) is 22.2 Å². The van der Waals surface area contributed by atoms with Gasteiger partial charge in [-0.3, -0.25) is 0 Å². The number of rotatable bonds is 0. The van der Waals surface area contributed by atoms with Crippen molar-refractivity contribution in [3.63, 3.8) is 0 Å². The zero-order valence-electron chi connectivity index (χ0n) is 5.28. The van der Waals surface area contributed by atoms with E-state index < -0.39 is 6.03 Å². The van der Waals surface area contributed by atoms with Gasteiger partial charge in [-0.1, -0.05) is 11.6 Å². The monoisotopic (exact) mass is 167 g/mol. The first-order valence-electron chi connectivity index (χ1n) is 2.89. The number of carbonyl (C=O) groups is 1. The van der Waals surface area contributed by atoms with Gasteiger partial charge >= 0.3 is 6.03 Å². The van der Waals surface area contributed by atoms with Crippen molar-refractivity contribution in [2.45, 2.75) is 0 Å². The van der Waals surface area contributed by atoms with E-state index >= 15 is 0 Å². The van der Waals surface area contributed by atoms with Crippen molar-refractivity contribution in [3.8, 4) is 0 Å². The summed E-state index contributed by atoms with van der Waals surface area (Å²) >= 11 is 5.62. The van der Waals surface area contributed by atoms with Gasteiger partial charge < -0.3 is 0 Å². The van der Waals surface area contributed by atoms with E-state index in [4.69, 9.17) is 11.6 Å². The van der Waals surface area contributed by atoms with Crippen LogP contribution in [-0.4, -0.2) is 11.0 Å².